The number of hydrogen-bond acceptors (Lipinski definition) is 2. The zero-order valence-electron chi connectivity index (χ0n) is 8.32. The maximum atomic E-state index is 5.19. The van der Waals surface area contributed by atoms with E-state index in [1.54, 1.807) is 7.11 Å². The molecule has 1 aliphatic rings. The second kappa shape index (κ2) is 5.23. The fourth-order valence-corrected chi connectivity index (χ4v) is 1.83. The molecule has 14 heavy (non-hydrogen) atoms. The normalized spacial score (nSPS) is 20.2. The minimum absolute atomic E-state index is 0. The molecular weight excluding hydrogens is 198 g/mol. The van der Waals surface area contributed by atoms with Gasteiger partial charge in [-0.2, -0.15) is 0 Å². The lowest BCUT2D eigenvalue weighted by Gasteiger charge is -2.09. The van der Waals surface area contributed by atoms with E-state index < -0.39 is 0 Å². The quantitative estimate of drug-likeness (QED) is 0.814. The lowest BCUT2D eigenvalue weighted by molar-refractivity contribution is 0.414. The van der Waals surface area contributed by atoms with Gasteiger partial charge in [-0.15, -0.1) is 12.4 Å². The van der Waals surface area contributed by atoms with Crippen LogP contribution in [0, 0.1) is 0 Å². The fraction of sp³-hybridized carbons (Fsp3) is 0.455. The molecular formula is C11H16ClNO. The second-order valence-electron chi connectivity index (χ2n) is 3.47. The highest BCUT2D eigenvalue weighted by Gasteiger charge is 2.16. The van der Waals surface area contributed by atoms with Crippen molar-refractivity contribution in [2.75, 3.05) is 20.2 Å². The van der Waals surface area contributed by atoms with Crippen molar-refractivity contribution in [1.82, 2.24) is 5.32 Å². The second-order valence-corrected chi connectivity index (χ2v) is 3.47. The third kappa shape index (κ3) is 2.40. The molecule has 1 saturated heterocycles. The van der Waals surface area contributed by atoms with Crippen LogP contribution in [0.5, 0.6) is 5.75 Å². The molecule has 1 atom stereocenters. The Morgan fingerprint density at radius 1 is 1.43 bits per heavy atom. The first-order chi connectivity index (χ1) is 6.40. The highest BCUT2D eigenvalue weighted by molar-refractivity contribution is 5.85. The van der Waals surface area contributed by atoms with E-state index in [2.05, 4.69) is 23.5 Å². The van der Waals surface area contributed by atoms with Gasteiger partial charge >= 0.3 is 0 Å². The molecule has 0 saturated carbocycles. The molecule has 0 amide bonds. The van der Waals surface area contributed by atoms with E-state index in [4.69, 9.17) is 4.74 Å². The van der Waals surface area contributed by atoms with Crippen LogP contribution < -0.4 is 10.1 Å². The maximum absolute atomic E-state index is 5.19. The van der Waals surface area contributed by atoms with Gasteiger partial charge in [-0.05, 0) is 36.6 Å². The summed E-state index contributed by atoms with van der Waals surface area (Å²) in [6, 6.07) is 8.37. The van der Waals surface area contributed by atoms with Crippen molar-refractivity contribution < 1.29 is 4.74 Å². The molecule has 2 nitrogen and oxygen atoms in total. The summed E-state index contributed by atoms with van der Waals surface area (Å²) in [7, 11) is 1.71. The standard InChI is InChI=1S/C11H15NO.ClH/c1-13-11-4-2-3-9(7-11)10-5-6-12-8-10;/h2-4,7,10,12H,5-6,8H2,1H3;1H. The van der Waals surface area contributed by atoms with Gasteiger partial charge in [0, 0.05) is 6.54 Å². The highest BCUT2D eigenvalue weighted by atomic mass is 35.5. The number of hydrogen-bond donors (Lipinski definition) is 1. The van der Waals surface area contributed by atoms with Crippen molar-refractivity contribution in [3.63, 3.8) is 0 Å². The van der Waals surface area contributed by atoms with Crippen LogP contribution >= 0.6 is 12.4 Å². The molecule has 2 rings (SSSR count). The van der Waals surface area contributed by atoms with E-state index in [-0.39, 0.29) is 12.4 Å². The van der Waals surface area contributed by atoms with Crippen molar-refractivity contribution >= 4 is 12.4 Å². The van der Waals surface area contributed by atoms with Gasteiger partial charge in [0.15, 0.2) is 0 Å². The minimum atomic E-state index is 0. The summed E-state index contributed by atoms with van der Waals surface area (Å²) >= 11 is 0. The smallest absolute Gasteiger partial charge is 0.119 e. The molecule has 1 N–H and O–H groups in total. The Hall–Kier alpha value is -0.730. The van der Waals surface area contributed by atoms with E-state index >= 15 is 0 Å². The predicted octanol–water partition coefficient (Wildman–Crippen LogP) is 2.19. The first kappa shape index (κ1) is 11.3. The lowest BCUT2D eigenvalue weighted by atomic mass is 9.98. The predicted molar refractivity (Wildman–Crippen MR) is 60.5 cm³/mol. The first-order valence-electron chi connectivity index (χ1n) is 4.75. The van der Waals surface area contributed by atoms with Crippen LogP contribution in [0.4, 0.5) is 0 Å². The number of halogens is 1. The summed E-state index contributed by atoms with van der Waals surface area (Å²) in [5, 5.41) is 3.37. The molecule has 0 radical (unpaired) electrons. The van der Waals surface area contributed by atoms with Gasteiger partial charge in [-0.3, -0.25) is 0 Å². The average Bonchev–Trinajstić information content (AvgIpc) is 2.71. The van der Waals surface area contributed by atoms with Crippen LogP contribution in [0.25, 0.3) is 0 Å². The molecule has 1 unspecified atom stereocenters. The van der Waals surface area contributed by atoms with Gasteiger partial charge in [-0.1, -0.05) is 12.1 Å². The lowest BCUT2D eigenvalue weighted by Crippen LogP contribution is -2.07. The molecule has 1 fully saturated rings. The Morgan fingerprint density at radius 2 is 2.29 bits per heavy atom. The maximum Gasteiger partial charge on any atom is 0.119 e. The zero-order chi connectivity index (χ0) is 9.10. The third-order valence-electron chi connectivity index (χ3n) is 2.63. The Bertz CT molecular complexity index is 284. The van der Waals surface area contributed by atoms with Crippen molar-refractivity contribution in [1.29, 1.82) is 0 Å². The minimum Gasteiger partial charge on any atom is -0.497 e. The Kier molecular flexibility index (Phi) is 4.23. The molecule has 3 heteroatoms. The number of ether oxygens (including phenoxy) is 1. The Balaban J connectivity index is 0.000000980. The molecule has 0 aromatic heterocycles. The van der Waals surface area contributed by atoms with Crippen molar-refractivity contribution in [3.8, 4) is 5.75 Å². The van der Waals surface area contributed by atoms with E-state index in [9.17, 15) is 0 Å². The molecule has 78 valence electrons. The van der Waals surface area contributed by atoms with Crippen LogP contribution in [0.2, 0.25) is 0 Å². The van der Waals surface area contributed by atoms with Gasteiger partial charge in [0.1, 0.15) is 5.75 Å². The molecule has 1 aliphatic heterocycles. The monoisotopic (exact) mass is 213 g/mol. The number of rotatable bonds is 2. The van der Waals surface area contributed by atoms with Crippen molar-refractivity contribution in [2.24, 2.45) is 0 Å². The summed E-state index contributed by atoms with van der Waals surface area (Å²) in [5.74, 6) is 1.64. The van der Waals surface area contributed by atoms with Crippen LogP contribution in [-0.2, 0) is 0 Å². The summed E-state index contributed by atoms with van der Waals surface area (Å²) < 4.78 is 5.19. The van der Waals surface area contributed by atoms with Gasteiger partial charge in [0.25, 0.3) is 0 Å². The first-order valence-corrected chi connectivity index (χ1v) is 4.75. The number of benzene rings is 1. The summed E-state index contributed by atoms with van der Waals surface area (Å²) in [4.78, 5) is 0. The summed E-state index contributed by atoms with van der Waals surface area (Å²) in [6.45, 7) is 2.25. The van der Waals surface area contributed by atoms with Crippen LogP contribution in [0.1, 0.15) is 17.9 Å². The zero-order valence-corrected chi connectivity index (χ0v) is 9.14. The van der Waals surface area contributed by atoms with Gasteiger partial charge in [0.2, 0.25) is 0 Å². The van der Waals surface area contributed by atoms with Crippen molar-refractivity contribution in [2.45, 2.75) is 12.3 Å². The van der Waals surface area contributed by atoms with E-state index in [0.29, 0.717) is 5.92 Å². The van der Waals surface area contributed by atoms with E-state index in [1.807, 2.05) is 6.07 Å². The summed E-state index contributed by atoms with van der Waals surface area (Å²) in [6.07, 6.45) is 1.24. The number of methoxy groups -OCH3 is 1. The molecule has 1 aromatic carbocycles. The Morgan fingerprint density at radius 3 is 2.93 bits per heavy atom. The largest absolute Gasteiger partial charge is 0.497 e. The van der Waals surface area contributed by atoms with Crippen LogP contribution in [0.3, 0.4) is 0 Å². The molecule has 0 aliphatic carbocycles. The third-order valence-corrected chi connectivity index (χ3v) is 2.63. The topological polar surface area (TPSA) is 21.3 Å². The summed E-state index contributed by atoms with van der Waals surface area (Å²) in [5.41, 5.74) is 1.39. The highest BCUT2D eigenvalue weighted by Crippen LogP contribution is 2.25. The molecule has 0 spiro atoms. The fourth-order valence-electron chi connectivity index (χ4n) is 1.83. The number of nitrogens with one attached hydrogen (secondary N) is 1. The van der Waals surface area contributed by atoms with Gasteiger partial charge in [0.05, 0.1) is 7.11 Å². The van der Waals surface area contributed by atoms with E-state index in [0.717, 1.165) is 18.8 Å². The molecule has 0 bridgehead atoms. The molecule has 1 heterocycles. The van der Waals surface area contributed by atoms with Crippen LogP contribution in [-0.4, -0.2) is 20.2 Å². The molecule has 1 aromatic rings. The SMILES string of the molecule is COc1cccc(C2CCNC2)c1.Cl. The van der Waals surface area contributed by atoms with Crippen LogP contribution in [0.15, 0.2) is 24.3 Å². The Labute approximate surface area is 91.1 Å². The van der Waals surface area contributed by atoms with Crippen molar-refractivity contribution in [3.05, 3.63) is 29.8 Å². The van der Waals surface area contributed by atoms with Gasteiger partial charge < -0.3 is 10.1 Å². The van der Waals surface area contributed by atoms with Gasteiger partial charge in [-0.25, -0.2) is 0 Å². The average molecular weight is 214 g/mol. The van der Waals surface area contributed by atoms with E-state index in [1.165, 1.54) is 12.0 Å².